The molecule has 0 saturated carbocycles. The minimum absolute atomic E-state index is 0.393. The van der Waals surface area contributed by atoms with Gasteiger partial charge in [0.2, 0.25) is 5.95 Å². The van der Waals surface area contributed by atoms with E-state index in [1.54, 1.807) is 23.3 Å². The van der Waals surface area contributed by atoms with Gasteiger partial charge in [0.15, 0.2) is 5.65 Å². The lowest BCUT2D eigenvalue weighted by Gasteiger charge is -2.07. The number of pyridine rings is 1. The summed E-state index contributed by atoms with van der Waals surface area (Å²) in [5.41, 5.74) is 10.6. The summed E-state index contributed by atoms with van der Waals surface area (Å²) in [7, 11) is 1.82. The molecule has 5 aromatic rings. The molecule has 148 valence electrons. The van der Waals surface area contributed by atoms with Crippen LogP contribution in [0.5, 0.6) is 0 Å². The van der Waals surface area contributed by atoms with Crippen molar-refractivity contribution in [1.82, 2.24) is 34.5 Å². The van der Waals surface area contributed by atoms with Gasteiger partial charge in [0.1, 0.15) is 5.82 Å². The number of rotatable bonds is 5. The van der Waals surface area contributed by atoms with E-state index in [0.717, 1.165) is 27.9 Å². The average molecular weight is 397 g/mol. The lowest BCUT2D eigenvalue weighted by Crippen LogP contribution is -2.07. The Kier molecular flexibility index (Phi) is 4.32. The van der Waals surface area contributed by atoms with Crippen molar-refractivity contribution < 1.29 is 0 Å². The zero-order chi connectivity index (χ0) is 20.5. The van der Waals surface area contributed by atoms with Crippen LogP contribution < -0.4 is 11.1 Å². The fourth-order valence-corrected chi connectivity index (χ4v) is 3.30. The van der Waals surface area contributed by atoms with Gasteiger partial charge in [-0.1, -0.05) is 18.2 Å². The van der Waals surface area contributed by atoms with E-state index in [0.29, 0.717) is 24.0 Å². The first-order chi connectivity index (χ1) is 14.7. The molecule has 3 N–H and O–H groups in total. The summed E-state index contributed by atoms with van der Waals surface area (Å²) in [4.78, 5) is 13.0. The van der Waals surface area contributed by atoms with E-state index < -0.39 is 0 Å². The number of nitrogens with two attached hydrogens (primary N) is 1. The molecule has 9 nitrogen and oxygen atoms in total. The number of hydrogen-bond acceptors (Lipinski definition) is 7. The Morgan fingerprint density at radius 3 is 2.63 bits per heavy atom. The molecule has 4 heterocycles. The zero-order valence-electron chi connectivity index (χ0n) is 16.3. The van der Waals surface area contributed by atoms with Crippen molar-refractivity contribution in [3.8, 4) is 16.9 Å². The average Bonchev–Trinajstić information content (AvgIpc) is 3.38. The van der Waals surface area contributed by atoms with Crippen molar-refractivity contribution in [2.75, 3.05) is 11.1 Å². The Labute approximate surface area is 172 Å². The third kappa shape index (κ3) is 3.22. The summed E-state index contributed by atoms with van der Waals surface area (Å²) in [5.74, 6) is 0.835. The highest BCUT2D eigenvalue weighted by Crippen LogP contribution is 2.24. The highest BCUT2D eigenvalue weighted by atomic mass is 15.3. The van der Waals surface area contributed by atoms with Gasteiger partial charge in [-0.2, -0.15) is 20.2 Å². The van der Waals surface area contributed by atoms with Crippen LogP contribution in [-0.4, -0.2) is 34.5 Å². The molecule has 0 radical (unpaired) electrons. The summed E-state index contributed by atoms with van der Waals surface area (Å²) < 4.78 is 3.54. The van der Waals surface area contributed by atoms with E-state index in [2.05, 4.69) is 25.4 Å². The van der Waals surface area contributed by atoms with Gasteiger partial charge in [0.05, 0.1) is 23.0 Å². The summed E-state index contributed by atoms with van der Waals surface area (Å²) in [6, 6.07) is 13.9. The maximum atomic E-state index is 6.07. The van der Waals surface area contributed by atoms with E-state index in [1.165, 1.54) is 0 Å². The molecule has 0 atom stereocenters. The number of aryl methyl sites for hydroxylation is 1. The van der Waals surface area contributed by atoms with E-state index >= 15 is 0 Å². The number of anilines is 2. The smallest absolute Gasteiger partial charge is 0.226 e. The molecule has 0 amide bonds. The minimum atomic E-state index is 0.393. The molecular formula is C21H19N9. The topological polar surface area (TPSA) is 112 Å². The van der Waals surface area contributed by atoms with Crippen molar-refractivity contribution in [2.24, 2.45) is 7.05 Å². The molecule has 0 unspecified atom stereocenters. The molecular weight excluding hydrogens is 378 g/mol. The van der Waals surface area contributed by atoms with Crippen LogP contribution >= 0.6 is 0 Å². The SMILES string of the molecule is Cn1ncc2c(N)nc(NCc3cn(-c4ccccc4)nc3-c3ccncc3)nc21. The third-order valence-electron chi connectivity index (χ3n) is 4.82. The lowest BCUT2D eigenvalue weighted by molar-refractivity contribution is 0.785. The molecule has 4 aromatic heterocycles. The molecule has 5 rings (SSSR count). The molecule has 9 heteroatoms. The Morgan fingerprint density at radius 2 is 1.83 bits per heavy atom. The van der Waals surface area contributed by atoms with Gasteiger partial charge in [-0.25, -0.2) is 4.68 Å². The number of nitrogens with zero attached hydrogens (tertiary/aromatic N) is 7. The summed E-state index contributed by atoms with van der Waals surface area (Å²) in [6.45, 7) is 0.479. The number of para-hydroxylation sites is 1. The van der Waals surface area contributed by atoms with Gasteiger partial charge >= 0.3 is 0 Å². The number of aromatic nitrogens is 7. The quantitative estimate of drug-likeness (QED) is 0.469. The lowest BCUT2D eigenvalue weighted by atomic mass is 10.1. The summed E-state index contributed by atoms with van der Waals surface area (Å²) >= 11 is 0. The Balaban J connectivity index is 1.50. The van der Waals surface area contributed by atoms with Crippen LogP contribution in [-0.2, 0) is 13.6 Å². The van der Waals surface area contributed by atoms with Crippen molar-refractivity contribution in [3.63, 3.8) is 0 Å². The molecule has 0 bridgehead atoms. The maximum absolute atomic E-state index is 6.07. The fourth-order valence-electron chi connectivity index (χ4n) is 3.30. The second-order valence-electron chi connectivity index (χ2n) is 6.81. The first-order valence-electron chi connectivity index (χ1n) is 9.42. The van der Waals surface area contributed by atoms with Crippen LogP contribution in [0.4, 0.5) is 11.8 Å². The fraction of sp³-hybridized carbons (Fsp3) is 0.0952. The van der Waals surface area contributed by atoms with Gasteiger partial charge in [0.25, 0.3) is 0 Å². The number of fused-ring (bicyclic) bond motifs is 1. The monoisotopic (exact) mass is 397 g/mol. The third-order valence-corrected chi connectivity index (χ3v) is 4.82. The van der Waals surface area contributed by atoms with Gasteiger partial charge in [-0.15, -0.1) is 0 Å². The van der Waals surface area contributed by atoms with Crippen LogP contribution in [0.25, 0.3) is 28.0 Å². The molecule has 0 spiro atoms. The number of nitrogens with one attached hydrogen (secondary N) is 1. The van der Waals surface area contributed by atoms with E-state index in [1.807, 2.05) is 60.4 Å². The van der Waals surface area contributed by atoms with Gasteiger partial charge < -0.3 is 11.1 Å². The maximum Gasteiger partial charge on any atom is 0.226 e. The Morgan fingerprint density at radius 1 is 1.03 bits per heavy atom. The van der Waals surface area contributed by atoms with Crippen molar-refractivity contribution >= 4 is 22.8 Å². The zero-order valence-corrected chi connectivity index (χ0v) is 16.3. The van der Waals surface area contributed by atoms with Crippen molar-refractivity contribution in [3.05, 3.63) is 72.8 Å². The number of hydrogen-bond donors (Lipinski definition) is 2. The molecule has 1 aromatic carbocycles. The summed E-state index contributed by atoms with van der Waals surface area (Å²) in [6.07, 6.45) is 7.19. The van der Waals surface area contributed by atoms with Crippen LogP contribution in [0.15, 0.2) is 67.3 Å². The van der Waals surface area contributed by atoms with Crippen LogP contribution in [0.3, 0.4) is 0 Å². The van der Waals surface area contributed by atoms with Crippen molar-refractivity contribution in [1.29, 1.82) is 0 Å². The molecule has 30 heavy (non-hydrogen) atoms. The molecule has 0 saturated heterocycles. The van der Waals surface area contributed by atoms with E-state index in [4.69, 9.17) is 10.8 Å². The van der Waals surface area contributed by atoms with E-state index in [-0.39, 0.29) is 0 Å². The van der Waals surface area contributed by atoms with Crippen molar-refractivity contribution in [2.45, 2.75) is 6.54 Å². The largest absolute Gasteiger partial charge is 0.383 e. The highest BCUT2D eigenvalue weighted by molar-refractivity contribution is 5.86. The summed E-state index contributed by atoms with van der Waals surface area (Å²) in [5, 5.41) is 13.0. The second kappa shape index (κ2) is 7.28. The predicted molar refractivity (Wildman–Crippen MR) is 115 cm³/mol. The van der Waals surface area contributed by atoms with Gasteiger partial charge in [0, 0.05) is 43.3 Å². The van der Waals surface area contributed by atoms with Crippen LogP contribution in [0, 0.1) is 0 Å². The molecule has 0 aliphatic heterocycles. The number of benzene rings is 1. The standard InChI is InChI=1S/C21H19N9/c1-29-20-17(12-25-29)19(22)26-21(27-20)24-11-15-13-30(16-5-3-2-4-6-16)28-18(15)14-7-9-23-10-8-14/h2-10,12-13H,11H2,1H3,(H3,22,24,26,27). The number of nitrogen functional groups attached to an aromatic ring is 1. The molecule has 0 fully saturated rings. The van der Waals surface area contributed by atoms with Gasteiger partial charge in [-0.3, -0.25) is 9.67 Å². The molecule has 0 aliphatic rings. The predicted octanol–water partition coefficient (Wildman–Crippen LogP) is 2.81. The van der Waals surface area contributed by atoms with E-state index in [9.17, 15) is 0 Å². The Bertz CT molecular complexity index is 1310. The normalized spacial score (nSPS) is 11.1. The minimum Gasteiger partial charge on any atom is -0.383 e. The first-order valence-corrected chi connectivity index (χ1v) is 9.42. The van der Waals surface area contributed by atoms with Crippen LogP contribution in [0.2, 0.25) is 0 Å². The Hall–Kier alpha value is -4.27. The van der Waals surface area contributed by atoms with Crippen LogP contribution in [0.1, 0.15) is 5.56 Å². The first kappa shape index (κ1) is 17.8. The van der Waals surface area contributed by atoms with Gasteiger partial charge in [-0.05, 0) is 24.3 Å². The highest BCUT2D eigenvalue weighted by Gasteiger charge is 2.14. The second-order valence-corrected chi connectivity index (χ2v) is 6.81. The molecule has 0 aliphatic carbocycles.